The van der Waals surface area contributed by atoms with E-state index in [9.17, 15) is 18.0 Å². The summed E-state index contributed by atoms with van der Waals surface area (Å²) < 4.78 is 35.1. The van der Waals surface area contributed by atoms with Crippen molar-refractivity contribution in [1.29, 1.82) is 0 Å². The number of sulfonamides is 1. The lowest BCUT2D eigenvalue weighted by Gasteiger charge is -2.24. The summed E-state index contributed by atoms with van der Waals surface area (Å²) in [6, 6.07) is 4.69. The molecule has 128 valence electrons. The number of rotatable bonds is 5. The van der Waals surface area contributed by atoms with Crippen LogP contribution in [-0.2, 0) is 24.3 Å². The van der Waals surface area contributed by atoms with E-state index in [4.69, 9.17) is 0 Å². The number of ether oxygens (including phenoxy) is 2. The van der Waals surface area contributed by atoms with Gasteiger partial charge >= 0.3 is 11.9 Å². The Hall–Kier alpha value is -1.93. The fourth-order valence-electron chi connectivity index (χ4n) is 1.67. The van der Waals surface area contributed by atoms with Crippen LogP contribution in [0.5, 0.6) is 0 Å². The zero-order valence-electron chi connectivity index (χ0n) is 13.7. The molecule has 0 fully saturated rings. The van der Waals surface area contributed by atoms with E-state index in [1.165, 1.54) is 52.1 Å². The number of benzene rings is 1. The Balaban J connectivity index is 3.29. The Morgan fingerprint density at radius 3 is 2.22 bits per heavy atom. The largest absolute Gasteiger partial charge is 0.468 e. The molecule has 7 nitrogen and oxygen atoms in total. The molecule has 0 aliphatic rings. The van der Waals surface area contributed by atoms with Gasteiger partial charge in [0.2, 0.25) is 10.0 Å². The minimum Gasteiger partial charge on any atom is -0.468 e. The third-order valence-electron chi connectivity index (χ3n) is 3.16. The topological polar surface area (TPSA) is 98.8 Å². The van der Waals surface area contributed by atoms with Gasteiger partial charge in [-0.25, -0.2) is 18.0 Å². The SMILES string of the molecule is COC(=O)c1cccc(C(NS(=O)(=O)C(C)(C)C)C(=O)OC)c1. The highest BCUT2D eigenvalue weighted by Crippen LogP contribution is 2.22. The highest BCUT2D eigenvalue weighted by Gasteiger charge is 2.35. The molecule has 1 atom stereocenters. The van der Waals surface area contributed by atoms with Crippen LogP contribution in [0.25, 0.3) is 0 Å². The first-order chi connectivity index (χ1) is 10.5. The van der Waals surface area contributed by atoms with Crippen molar-refractivity contribution >= 4 is 22.0 Å². The van der Waals surface area contributed by atoms with E-state index in [1.807, 2.05) is 0 Å². The summed E-state index contributed by atoms with van der Waals surface area (Å²) in [5.41, 5.74) is 0.487. The lowest BCUT2D eigenvalue weighted by molar-refractivity contribution is -0.142. The minimum atomic E-state index is -3.81. The molecule has 0 heterocycles. The third kappa shape index (κ3) is 4.52. The highest BCUT2D eigenvalue weighted by atomic mass is 32.2. The normalized spacial score (nSPS) is 13.3. The van der Waals surface area contributed by atoms with Crippen LogP contribution in [0.1, 0.15) is 42.7 Å². The predicted molar refractivity (Wildman–Crippen MR) is 84.3 cm³/mol. The lowest BCUT2D eigenvalue weighted by atomic mass is 10.0. The summed E-state index contributed by atoms with van der Waals surface area (Å²) >= 11 is 0. The summed E-state index contributed by atoms with van der Waals surface area (Å²) in [4.78, 5) is 23.6. The molecule has 1 aromatic carbocycles. The molecule has 0 radical (unpaired) electrons. The van der Waals surface area contributed by atoms with E-state index in [1.54, 1.807) is 0 Å². The fraction of sp³-hybridized carbons (Fsp3) is 0.467. The second-order valence-electron chi connectivity index (χ2n) is 5.81. The summed E-state index contributed by atoms with van der Waals surface area (Å²) in [7, 11) is -1.42. The van der Waals surface area contributed by atoms with Crippen LogP contribution in [0.3, 0.4) is 0 Å². The molecule has 0 spiro atoms. The smallest absolute Gasteiger partial charge is 0.337 e. The van der Waals surface area contributed by atoms with Gasteiger partial charge in [-0.05, 0) is 38.5 Å². The van der Waals surface area contributed by atoms with Gasteiger partial charge in [-0.15, -0.1) is 0 Å². The maximum absolute atomic E-state index is 12.3. The number of hydrogen-bond acceptors (Lipinski definition) is 6. The van der Waals surface area contributed by atoms with E-state index < -0.39 is 32.8 Å². The number of hydrogen-bond donors (Lipinski definition) is 1. The molecule has 1 rings (SSSR count). The Morgan fingerprint density at radius 1 is 1.13 bits per heavy atom. The molecule has 1 aromatic rings. The van der Waals surface area contributed by atoms with Crippen LogP contribution in [-0.4, -0.2) is 39.3 Å². The molecular weight excluding hydrogens is 322 g/mol. The van der Waals surface area contributed by atoms with Gasteiger partial charge in [0.15, 0.2) is 0 Å². The van der Waals surface area contributed by atoms with Crippen LogP contribution in [0.15, 0.2) is 24.3 Å². The van der Waals surface area contributed by atoms with E-state index in [2.05, 4.69) is 14.2 Å². The van der Waals surface area contributed by atoms with Gasteiger partial charge in [-0.3, -0.25) is 0 Å². The van der Waals surface area contributed by atoms with E-state index in [0.717, 1.165) is 7.11 Å². The molecule has 1 unspecified atom stereocenters. The molecule has 0 aliphatic carbocycles. The van der Waals surface area contributed by atoms with Crippen molar-refractivity contribution in [2.45, 2.75) is 31.6 Å². The second kappa shape index (κ2) is 7.10. The molecule has 0 saturated heterocycles. The first-order valence-electron chi connectivity index (χ1n) is 6.81. The molecule has 0 amide bonds. The predicted octanol–water partition coefficient (Wildman–Crippen LogP) is 1.41. The lowest BCUT2D eigenvalue weighted by Crippen LogP contribution is -2.43. The standard InChI is InChI=1S/C15H21NO6S/c1-15(2,3)23(19,20)16-12(14(18)22-5)10-7-6-8-11(9-10)13(17)21-4/h6-9,12,16H,1-5H3. The van der Waals surface area contributed by atoms with Crippen molar-refractivity contribution in [3.63, 3.8) is 0 Å². The van der Waals surface area contributed by atoms with Crippen LogP contribution in [0, 0.1) is 0 Å². The van der Waals surface area contributed by atoms with Crippen LogP contribution >= 0.6 is 0 Å². The maximum atomic E-state index is 12.3. The molecule has 8 heteroatoms. The van der Waals surface area contributed by atoms with Gasteiger partial charge in [0.05, 0.1) is 24.5 Å². The van der Waals surface area contributed by atoms with Crippen LogP contribution in [0.2, 0.25) is 0 Å². The number of methoxy groups -OCH3 is 2. The number of carbonyl (C=O) groups is 2. The highest BCUT2D eigenvalue weighted by molar-refractivity contribution is 7.90. The van der Waals surface area contributed by atoms with Crippen molar-refractivity contribution in [1.82, 2.24) is 4.72 Å². The van der Waals surface area contributed by atoms with Gasteiger partial charge in [0, 0.05) is 0 Å². The fourth-order valence-corrected chi connectivity index (χ4v) is 2.56. The van der Waals surface area contributed by atoms with Crippen molar-refractivity contribution in [2.75, 3.05) is 14.2 Å². The molecule has 23 heavy (non-hydrogen) atoms. The van der Waals surface area contributed by atoms with Crippen LogP contribution in [0.4, 0.5) is 0 Å². The number of esters is 2. The van der Waals surface area contributed by atoms with Crippen molar-refractivity contribution in [2.24, 2.45) is 0 Å². The van der Waals surface area contributed by atoms with Gasteiger partial charge in [0.25, 0.3) is 0 Å². The van der Waals surface area contributed by atoms with Gasteiger partial charge in [-0.1, -0.05) is 12.1 Å². The van der Waals surface area contributed by atoms with Gasteiger partial charge in [-0.2, -0.15) is 4.72 Å². The van der Waals surface area contributed by atoms with Gasteiger partial charge in [0.1, 0.15) is 6.04 Å². The average molecular weight is 343 g/mol. The zero-order chi connectivity index (χ0) is 17.8. The van der Waals surface area contributed by atoms with Gasteiger partial charge < -0.3 is 9.47 Å². The molecule has 0 aromatic heterocycles. The summed E-state index contributed by atoms with van der Waals surface area (Å²) in [6.07, 6.45) is 0. The van der Waals surface area contributed by atoms with Crippen molar-refractivity contribution in [3.05, 3.63) is 35.4 Å². The first kappa shape index (κ1) is 19.1. The average Bonchev–Trinajstić information content (AvgIpc) is 2.50. The quantitative estimate of drug-likeness (QED) is 0.812. The summed E-state index contributed by atoms with van der Waals surface area (Å²) in [5, 5.41) is 0. The Kier molecular flexibility index (Phi) is 5.90. The summed E-state index contributed by atoms with van der Waals surface area (Å²) in [6.45, 7) is 4.53. The second-order valence-corrected chi connectivity index (χ2v) is 8.27. The van der Waals surface area contributed by atoms with E-state index in [-0.39, 0.29) is 11.1 Å². The zero-order valence-corrected chi connectivity index (χ0v) is 14.6. The third-order valence-corrected chi connectivity index (χ3v) is 5.32. The minimum absolute atomic E-state index is 0.203. The molecule has 0 aliphatic heterocycles. The molecule has 0 bridgehead atoms. The Labute approximate surface area is 136 Å². The molecular formula is C15H21NO6S. The van der Waals surface area contributed by atoms with E-state index >= 15 is 0 Å². The first-order valence-corrected chi connectivity index (χ1v) is 8.30. The van der Waals surface area contributed by atoms with E-state index in [0.29, 0.717) is 0 Å². The number of carbonyl (C=O) groups excluding carboxylic acids is 2. The number of nitrogens with one attached hydrogen (secondary N) is 1. The monoisotopic (exact) mass is 343 g/mol. The van der Waals surface area contributed by atoms with Crippen molar-refractivity contribution in [3.8, 4) is 0 Å². The Morgan fingerprint density at radius 2 is 1.74 bits per heavy atom. The Bertz CT molecular complexity index is 690. The van der Waals surface area contributed by atoms with Crippen LogP contribution < -0.4 is 4.72 Å². The van der Waals surface area contributed by atoms with Crippen molar-refractivity contribution < 1.29 is 27.5 Å². The molecule has 1 N–H and O–H groups in total. The maximum Gasteiger partial charge on any atom is 0.337 e. The summed E-state index contributed by atoms with van der Waals surface area (Å²) in [5.74, 6) is -1.37. The molecule has 0 saturated carbocycles.